The molecule has 5 heteroatoms. The first-order valence-electron chi connectivity index (χ1n) is 6.74. The number of fused-ring (bicyclic) bond motifs is 1. The Morgan fingerprint density at radius 3 is 3.15 bits per heavy atom. The average molecular weight is 287 g/mol. The molecule has 20 heavy (non-hydrogen) atoms. The summed E-state index contributed by atoms with van der Waals surface area (Å²) in [6, 6.07) is 8.09. The lowest BCUT2D eigenvalue weighted by Gasteiger charge is -2.26. The van der Waals surface area contributed by atoms with E-state index < -0.39 is 0 Å². The Labute approximate surface area is 122 Å². The van der Waals surface area contributed by atoms with E-state index in [1.807, 2.05) is 24.4 Å². The van der Waals surface area contributed by atoms with Gasteiger partial charge in [-0.3, -0.25) is 4.79 Å². The first kappa shape index (κ1) is 13.3. The third-order valence-electron chi connectivity index (χ3n) is 3.59. The molecule has 1 aliphatic rings. The number of hydrogen-bond donors (Lipinski definition) is 2. The second-order valence-corrected chi connectivity index (χ2v) is 5.91. The fourth-order valence-electron chi connectivity index (χ4n) is 2.55. The van der Waals surface area contributed by atoms with E-state index in [2.05, 4.69) is 27.8 Å². The molecule has 0 radical (unpaired) electrons. The maximum absolute atomic E-state index is 12.5. The summed E-state index contributed by atoms with van der Waals surface area (Å²) in [5.41, 5.74) is 2.34. The smallest absolute Gasteiger partial charge is 0.229 e. The minimum absolute atomic E-state index is 0.0448. The molecule has 0 spiro atoms. The van der Waals surface area contributed by atoms with E-state index in [0.29, 0.717) is 6.54 Å². The number of thiazole rings is 1. The van der Waals surface area contributed by atoms with E-state index in [1.165, 1.54) is 5.56 Å². The molecule has 0 fully saturated rings. The second-order valence-electron chi connectivity index (χ2n) is 4.98. The minimum Gasteiger partial charge on any atom is -0.347 e. The van der Waals surface area contributed by atoms with Crippen molar-refractivity contribution in [1.29, 1.82) is 0 Å². The van der Waals surface area contributed by atoms with Crippen LogP contribution in [0, 0.1) is 0 Å². The maximum Gasteiger partial charge on any atom is 0.229 e. The van der Waals surface area contributed by atoms with Crippen LogP contribution in [0.15, 0.2) is 35.8 Å². The third kappa shape index (κ3) is 2.59. The molecule has 2 unspecified atom stereocenters. The van der Waals surface area contributed by atoms with Gasteiger partial charge < -0.3 is 10.6 Å². The molecule has 104 valence electrons. The lowest BCUT2D eigenvalue weighted by molar-refractivity contribution is -0.123. The van der Waals surface area contributed by atoms with Gasteiger partial charge in [0.25, 0.3) is 0 Å². The molecular weight excluding hydrogens is 270 g/mol. The zero-order chi connectivity index (χ0) is 13.9. The zero-order valence-electron chi connectivity index (χ0n) is 11.3. The van der Waals surface area contributed by atoms with Crippen LogP contribution >= 0.6 is 11.3 Å². The van der Waals surface area contributed by atoms with Gasteiger partial charge in [0.15, 0.2) is 0 Å². The topological polar surface area (TPSA) is 54.0 Å². The highest BCUT2D eigenvalue weighted by atomic mass is 32.1. The molecule has 2 heterocycles. The summed E-state index contributed by atoms with van der Waals surface area (Å²) < 4.78 is 0. The van der Waals surface area contributed by atoms with Crippen molar-refractivity contribution < 1.29 is 4.79 Å². The molecule has 1 aromatic carbocycles. The molecule has 2 N–H and O–H groups in total. The highest BCUT2D eigenvalue weighted by Gasteiger charge is 2.27. The van der Waals surface area contributed by atoms with Gasteiger partial charge in [-0.25, -0.2) is 4.98 Å². The van der Waals surface area contributed by atoms with Gasteiger partial charge in [0, 0.05) is 24.7 Å². The molecule has 0 saturated carbocycles. The van der Waals surface area contributed by atoms with E-state index in [0.717, 1.165) is 17.1 Å². The minimum atomic E-state index is -0.123. The first-order valence-corrected chi connectivity index (χ1v) is 7.62. The van der Waals surface area contributed by atoms with E-state index in [-0.39, 0.29) is 17.9 Å². The Morgan fingerprint density at radius 2 is 2.35 bits per heavy atom. The summed E-state index contributed by atoms with van der Waals surface area (Å²) in [5, 5.41) is 9.23. The van der Waals surface area contributed by atoms with E-state index >= 15 is 0 Å². The molecular formula is C15H17N3OS. The predicted octanol–water partition coefficient (Wildman–Crippen LogP) is 2.21. The largest absolute Gasteiger partial charge is 0.347 e. The van der Waals surface area contributed by atoms with E-state index in [1.54, 1.807) is 17.5 Å². The summed E-state index contributed by atoms with van der Waals surface area (Å²) in [6.45, 7) is 3.49. The number of benzene rings is 1. The predicted molar refractivity (Wildman–Crippen MR) is 79.6 cm³/mol. The normalized spacial score (nSPS) is 19.1. The van der Waals surface area contributed by atoms with Crippen LogP contribution in [0.1, 0.15) is 35.0 Å². The maximum atomic E-state index is 12.5. The van der Waals surface area contributed by atoms with E-state index in [4.69, 9.17) is 0 Å². The Kier molecular flexibility index (Phi) is 3.80. The SMILES string of the molecule is CC(NC(=O)C1CNCc2ccccc21)c1nccs1. The van der Waals surface area contributed by atoms with Crippen molar-refractivity contribution in [2.24, 2.45) is 0 Å². The molecule has 1 aromatic heterocycles. The average Bonchev–Trinajstić information content (AvgIpc) is 3.01. The van der Waals surface area contributed by atoms with Crippen LogP contribution in [0.3, 0.4) is 0 Å². The van der Waals surface area contributed by atoms with Gasteiger partial charge in [0.1, 0.15) is 5.01 Å². The first-order chi connectivity index (χ1) is 9.75. The summed E-state index contributed by atoms with van der Waals surface area (Å²) >= 11 is 1.56. The van der Waals surface area contributed by atoms with Crippen LogP contribution in [0.25, 0.3) is 0 Å². The van der Waals surface area contributed by atoms with Crippen LogP contribution in [0.4, 0.5) is 0 Å². The highest BCUT2D eigenvalue weighted by Crippen LogP contribution is 2.25. The fraction of sp³-hybridized carbons (Fsp3) is 0.333. The van der Waals surface area contributed by atoms with Crippen molar-refractivity contribution in [2.45, 2.75) is 25.4 Å². The Hall–Kier alpha value is -1.72. The molecule has 1 aliphatic heterocycles. The molecule has 0 bridgehead atoms. The number of carbonyl (C=O) groups excluding carboxylic acids is 1. The number of nitrogens with one attached hydrogen (secondary N) is 2. The van der Waals surface area contributed by atoms with Crippen LogP contribution in [-0.2, 0) is 11.3 Å². The molecule has 0 saturated heterocycles. The van der Waals surface area contributed by atoms with Gasteiger partial charge >= 0.3 is 0 Å². The molecule has 2 aromatic rings. The monoisotopic (exact) mass is 287 g/mol. The quantitative estimate of drug-likeness (QED) is 0.910. The third-order valence-corrected chi connectivity index (χ3v) is 4.55. The molecule has 3 rings (SSSR count). The van der Waals surface area contributed by atoms with Gasteiger partial charge in [0.2, 0.25) is 5.91 Å². The van der Waals surface area contributed by atoms with Gasteiger partial charge in [0.05, 0.1) is 12.0 Å². The van der Waals surface area contributed by atoms with Crippen molar-refractivity contribution in [3.8, 4) is 0 Å². The summed E-state index contributed by atoms with van der Waals surface area (Å²) in [7, 11) is 0. The van der Waals surface area contributed by atoms with Crippen LogP contribution < -0.4 is 10.6 Å². The van der Waals surface area contributed by atoms with Crippen LogP contribution in [-0.4, -0.2) is 17.4 Å². The van der Waals surface area contributed by atoms with Gasteiger partial charge in [-0.05, 0) is 18.1 Å². The number of rotatable bonds is 3. The molecule has 4 nitrogen and oxygen atoms in total. The number of nitrogens with zero attached hydrogens (tertiary/aromatic N) is 1. The Balaban J connectivity index is 1.75. The lowest BCUT2D eigenvalue weighted by atomic mass is 9.90. The zero-order valence-corrected chi connectivity index (χ0v) is 12.1. The molecule has 1 amide bonds. The van der Waals surface area contributed by atoms with Crippen molar-refractivity contribution >= 4 is 17.2 Å². The summed E-state index contributed by atoms with van der Waals surface area (Å²) in [5.74, 6) is -0.0605. The van der Waals surface area contributed by atoms with Crippen LogP contribution in [0.2, 0.25) is 0 Å². The van der Waals surface area contributed by atoms with Gasteiger partial charge in [-0.1, -0.05) is 24.3 Å². The highest BCUT2D eigenvalue weighted by molar-refractivity contribution is 7.09. The Morgan fingerprint density at radius 1 is 1.50 bits per heavy atom. The van der Waals surface area contributed by atoms with Gasteiger partial charge in [-0.2, -0.15) is 0 Å². The van der Waals surface area contributed by atoms with Crippen molar-refractivity contribution in [2.75, 3.05) is 6.54 Å². The van der Waals surface area contributed by atoms with Crippen molar-refractivity contribution in [1.82, 2.24) is 15.6 Å². The standard InChI is InChI=1S/C15H17N3OS/c1-10(15-17-6-7-20-15)18-14(19)13-9-16-8-11-4-2-3-5-12(11)13/h2-7,10,13,16H,8-9H2,1H3,(H,18,19). The van der Waals surface area contributed by atoms with Crippen molar-refractivity contribution in [3.63, 3.8) is 0 Å². The Bertz CT molecular complexity index is 597. The van der Waals surface area contributed by atoms with Crippen molar-refractivity contribution in [3.05, 3.63) is 52.0 Å². The second kappa shape index (κ2) is 5.73. The molecule has 2 atom stereocenters. The van der Waals surface area contributed by atoms with E-state index in [9.17, 15) is 4.79 Å². The fourth-order valence-corrected chi connectivity index (χ4v) is 3.20. The number of hydrogen-bond acceptors (Lipinski definition) is 4. The molecule has 0 aliphatic carbocycles. The number of aromatic nitrogens is 1. The van der Waals surface area contributed by atoms with Gasteiger partial charge in [-0.15, -0.1) is 11.3 Å². The number of amides is 1. The summed E-state index contributed by atoms with van der Waals surface area (Å²) in [6.07, 6.45) is 1.76. The lowest BCUT2D eigenvalue weighted by Crippen LogP contribution is -2.39. The number of carbonyl (C=O) groups is 1. The summed E-state index contributed by atoms with van der Waals surface area (Å²) in [4.78, 5) is 16.7. The van der Waals surface area contributed by atoms with Crippen LogP contribution in [0.5, 0.6) is 0 Å².